The highest BCUT2D eigenvalue weighted by Gasteiger charge is 2.28. The summed E-state index contributed by atoms with van der Waals surface area (Å²) in [7, 11) is -3.49. The van der Waals surface area contributed by atoms with Crippen molar-refractivity contribution in [2.45, 2.75) is 110 Å². The Kier molecular flexibility index (Phi) is 12.0. The fraction of sp³-hybridized carbons (Fsp3) is 0.538. The number of benzene rings is 2. The lowest BCUT2D eigenvalue weighted by Gasteiger charge is -2.34. The molecule has 1 amide bonds. The number of aromatic amines is 1. The first-order chi connectivity index (χ1) is 23.8. The lowest BCUT2D eigenvalue weighted by atomic mass is 9.85. The molecule has 270 valence electrons. The lowest BCUT2D eigenvalue weighted by molar-refractivity contribution is -0.133. The SMILES string of the molecule is CCCN(CC)CC(=O)N1CCC(c2cc(OC(C)C)c(Cc3nc(Cc4ccccc4S(=O)(=O)C(C)C)c4c(C)n[nH]c4n3)cc2C)CC1. The van der Waals surface area contributed by atoms with Gasteiger partial charge in [0, 0.05) is 31.5 Å². The van der Waals surface area contributed by atoms with Gasteiger partial charge in [0.05, 0.1) is 39.6 Å². The number of carbonyl (C=O) groups excluding carboxylic acids is 1. The maximum Gasteiger partial charge on any atom is 0.236 e. The molecule has 0 aliphatic carbocycles. The molecule has 0 radical (unpaired) electrons. The van der Waals surface area contributed by atoms with Crippen molar-refractivity contribution in [3.05, 3.63) is 75.9 Å². The standard InChI is InChI=1S/C39H54N6O4S/c1-9-17-44(10-2)24-37(46)45-18-15-29(16-19-45)32-23-34(49-25(3)4)31(20-27(32)7)22-36-40-33(38-28(8)42-43-39(38)41-36)21-30-13-11-12-14-35(30)50(47,48)26(5)6/h11-14,20,23,25-26,29H,9-10,15-19,21-22,24H2,1-8H3,(H,40,41,42,43). The summed E-state index contributed by atoms with van der Waals surface area (Å²) >= 11 is 0. The van der Waals surface area contributed by atoms with E-state index in [1.54, 1.807) is 26.0 Å². The molecule has 4 aromatic rings. The molecular formula is C39H54N6O4S. The Hall–Kier alpha value is -3.83. The summed E-state index contributed by atoms with van der Waals surface area (Å²) in [5.41, 5.74) is 6.28. The van der Waals surface area contributed by atoms with Gasteiger partial charge in [0.15, 0.2) is 15.5 Å². The Morgan fingerprint density at radius 1 is 1.02 bits per heavy atom. The number of ether oxygens (including phenoxy) is 1. The number of rotatable bonds is 14. The number of aromatic nitrogens is 4. The third-order valence-electron chi connectivity index (χ3n) is 9.77. The van der Waals surface area contributed by atoms with Gasteiger partial charge < -0.3 is 9.64 Å². The predicted molar refractivity (Wildman–Crippen MR) is 199 cm³/mol. The number of piperidine rings is 1. The van der Waals surface area contributed by atoms with Crippen molar-refractivity contribution in [1.29, 1.82) is 0 Å². The topological polar surface area (TPSA) is 121 Å². The fourth-order valence-corrected chi connectivity index (χ4v) is 8.33. The quantitative estimate of drug-likeness (QED) is 0.157. The smallest absolute Gasteiger partial charge is 0.236 e. The summed E-state index contributed by atoms with van der Waals surface area (Å²) in [6, 6.07) is 11.6. The molecule has 0 bridgehead atoms. The van der Waals surface area contributed by atoms with E-state index in [-0.39, 0.29) is 12.0 Å². The molecule has 2 aromatic carbocycles. The molecule has 50 heavy (non-hydrogen) atoms. The number of hydrogen-bond acceptors (Lipinski definition) is 8. The molecule has 1 fully saturated rings. The highest BCUT2D eigenvalue weighted by atomic mass is 32.2. The lowest BCUT2D eigenvalue weighted by Crippen LogP contribution is -2.44. The molecule has 0 unspecified atom stereocenters. The monoisotopic (exact) mass is 702 g/mol. The zero-order valence-corrected chi connectivity index (χ0v) is 31.9. The zero-order chi connectivity index (χ0) is 36.2. The first-order valence-corrected chi connectivity index (χ1v) is 19.7. The van der Waals surface area contributed by atoms with Crippen molar-refractivity contribution in [1.82, 2.24) is 30.0 Å². The minimum absolute atomic E-state index is 0.0259. The van der Waals surface area contributed by atoms with Gasteiger partial charge in [-0.2, -0.15) is 5.10 Å². The van der Waals surface area contributed by atoms with Gasteiger partial charge in [-0.05, 0) is 109 Å². The van der Waals surface area contributed by atoms with Crippen molar-refractivity contribution in [2.24, 2.45) is 0 Å². The second kappa shape index (κ2) is 16.0. The second-order valence-electron chi connectivity index (χ2n) is 14.2. The number of sulfone groups is 1. The van der Waals surface area contributed by atoms with Crippen molar-refractivity contribution in [3.63, 3.8) is 0 Å². The molecule has 1 aliphatic rings. The van der Waals surface area contributed by atoms with E-state index in [1.165, 1.54) is 11.1 Å². The molecule has 1 saturated heterocycles. The fourth-order valence-electron chi connectivity index (χ4n) is 7.05. The summed E-state index contributed by atoms with van der Waals surface area (Å²) in [4.78, 5) is 27.6. The van der Waals surface area contributed by atoms with E-state index in [4.69, 9.17) is 14.7 Å². The molecule has 0 spiro atoms. The Labute approximate surface area is 298 Å². The number of amides is 1. The van der Waals surface area contributed by atoms with Crippen LogP contribution in [-0.2, 0) is 27.5 Å². The number of carbonyl (C=O) groups is 1. The number of hydrogen-bond donors (Lipinski definition) is 1. The minimum atomic E-state index is -3.49. The maximum absolute atomic E-state index is 13.3. The number of likely N-dealkylation sites (tertiary alicyclic amines) is 1. The van der Waals surface area contributed by atoms with Gasteiger partial charge >= 0.3 is 0 Å². The summed E-state index contributed by atoms with van der Waals surface area (Å²) in [5, 5.41) is 7.76. The minimum Gasteiger partial charge on any atom is -0.491 e. The number of aryl methyl sites for hydroxylation is 2. The number of fused-ring (bicyclic) bond motifs is 1. The average Bonchev–Trinajstić information content (AvgIpc) is 3.46. The maximum atomic E-state index is 13.3. The van der Waals surface area contributed by atoms with Gasteiger partial charge in [-0.25, -0.2) is 18.4 Å². The van der Waals surface area contributed by atoms with Crippen molar-refractivity contribution in [2.75, 3.05) is 32.7 Å². The van der Waals surface area contributed by atoms with Crippen LogP contribution in [0.5, 0.6) is 5.75 Å². The van der Waals surface area contributed by atoms with Crippen LogP contribution in [-0.4, -0.2) is 88.4 Å². The number of nitrogens with zero attached hydrogens (tertiary/aromatic N) is 5. The largest absolute Gasteiger partial charge is 0.491 e. The van der Waals surface area contributed by atoms with E-state index in [0.29, 0.717) is 47.2 Å². The zero-order valence-electron chi connectivity index (χ0n) is 31.0. The van der Waals surface area contributed by atoms with Gasteiger partial charge in [0.1, 0.15) is 11.6 Å². The van der Waals surface area contributed by atoms with Crippen LogP contribution in [0.4, 0.5) is 0 Å². The first kappa shape index (κ1) is 37.4. The molecule has 1 aliphatic heterocycles. The molecule has 5 rings (SSSR count). The second-order valence-corrected chi connectivity index (χ2v) is 16.7. The molecule has 0 saturated carbocycles. The Morgan fingerprint density at radius 2 is 1.74 bits per heavy atom. The van der Waals surface area contributed by atoms with E-state index in [0.717, 1.165) is 73.5 Å². The van der Waals surface area contributed by atoms with E-state index in [1.807, 2.05) is 37.8 Å². The third-order valence-corrected chi connectivity index (χ3v) is 12.0. The first-order valence-electron chi connectivity index (χ1n) is 18.1. The van der Waals surface area contributed by atoms with Crippen molar-refractivity contribution >= 4 is 26.8 Å². The summed E-state index contributed by atoms with van der Waals surface area (Å²) in [6.45, 7) is 19.6. The van der Waals surface area contributed by atoms with Crippen LogP contribution >= 0.6 is 0 Å². The van der Waals surface area contributed by atoms with E-state index in [2.05, 4.69) is 48.0 Å². The molecule has 2 aromatic heterocycles. The van der Waals surface area contributed by atoms with Gasteiger partial charge in [0.2, 0.25) is 5.91 Å². The summed E-state index contributed by atoms with van der Waals surface area (Å²) in [5.74, 6) is 1.99. The number of likely N-dealkylation sites (N-methyl/N-ethyl adjacent to an activating group) is 1. The van der Waals surface area contributed by atoms with Crippen LogP contribution in [0, 0.1) is 13.8 Å². The number of H-pyrrole nitrogens is 1. The van der Waals surface area contributed by atoms with Gasteiger partial charge in [0.25, 0.3) is 0 Å². The van der Waals surface area contributed by atoms with Crippen LogP contribution in [0.2, 0.25) is 0 Å². The van der Waals surface area contributed by atoms with Gasteiger partial charge in [-0.15, -0.1) is 0 Å². The molecule has 3 heterocycles. The van der Waals surface area contributed by atoms with E-state index in [9.17, 15) is 13.2 Å². The molecule has 11 heteroatoms. The summed E-state index contributed by atoms with van der Waals surface area (Å²) < 4.78 is 33.0. The van der Waals surface area contributed by atoms with Crippen LogP contribution in [0.15, 0.2) is 41.3 Å². The van der Waals surface area contributed by atoms with Gasteiger partial charge in [-0.1, -0.05) is 38.1 Å². The predicted octanol–water partition coefficient (Wildman–Crippen LogP) is 6.56. The highest BCUT2D eigenvalue weighted by molar-refractivity contribution is 7.92. The Balaban J connectivity index is 1.42. The van der Waals surface area contributed by atoms with Crippen molar-refractivity contribution < 1.29 is 17.9 Å². The Bertz CT molecular complexity index is 1910. The Morgan fingerprint density at radius 3 is 2.40 bits per heavy atom. The van der Waals surface area contributed by atoms with Crippen LogP contribution in [0.25, 0.3) is 11.0 Å². The molecule has 1 N–H and O–H groups in total. The van der Waals surface area contributed by atoms with Crippen LogP contribution < -0.4 is 4.74 Å². The number of nitrogens with one attached hydrogen (secondary N) is 1. The highest BCUT2D eigenvalue weighted by Crippen LogP contribution is 2.36. The van der Waals surface area contributed by atoms with Crippen LogP contribution in [0.1, 0.15) is 106 Å². The normalized spacial score (nSPS) is 14.4. The van der Waals surface area contributed by atoms with Gasteiger partial charge in [-0.3, -0.25) is 14.8 Å². The van der Waals surface area contributed by atoms with Crippen molar-refractivity contribution in [3.8, 4) is 5.75 Å². The van der Waals surface area contributed by atoms with Crippen LogP contribution in [0.3, 0.4) is 0 Å². The molecule has 0 atom stereocenters. The van der Waals surface area contributed by atoms with E-state index >= 15 is 0 Å². The van der Waals surface area contributed by atoms with E-state index < -0.39 is 15.1 Å². The third kappa shape index (κ3) is 8.37. The average molecular weight is 703 g/mol. The summed E-state index contributed by atoms with van der Waals surface area (Å²) in [6.07, 6.45) is 3.63. The molecular weight excluding hydrogens is 649 g/mol. The molecule has 10 nitrogen and oxygen atoms in total.